The van der Waals surface area contributed by atoms with Gasteiger partial charge in [-0.2, -0.15) is 39.5 Å². The van der Waals surface area contributed by atoms with Gasteiger partial charge in [0.15, 0.2) is 5.78 Å². The van der Waals surface area contributed by atoms with Crippen LogP contribution in [0.5, 0.6) is 0 Å². The molecule has 0 atom stereocenters. The molecule has 0 spiro atoms. The van der Waals surface area contributed by atoms with Crippen LogP contribution >= 0.6 is 0 Å². The van der Waals surface area contributed by atoms with Crippen LogP contribution in [0.25, 0.3) is 0 Å². The molecule has 0 aliphatic carbocycles. The zero-order valence-corrected chi connectivity index (χ0v) is 9.70. The van der Waals surface area contributed by atoms with Crippen molar-refractivity contribution in [3.05, 3.63) is 35.9 Å². The zero-order valence-electron chi connectivity index (χ0n) is 9.70. The highest BCUT2D eigenvalue weighted by molar-refractivity contribution is 6.02. The number of hydrogen-bond acceptors (Lipinski definition) is 1. The summed E-state index contributed by atoms with van der Waals surface area (Å²) in [7, 11) is 0. The maximum atomic E-state index is 12.6. The average Bonchev–Trinajstić information content (AvgIpc) is 2.24. The Balaban J connectivity index is 3.72. The molecule has 1 rings (SSSR count). The Bertz CT molecular complexity index is 473. The molecule has 0 saturated carbocycles. The van der Waals surface area contributed by atoms with Gasteiger partial charge in [-0.25, -0.2) is 0 Å². The number of halogens is 9. The van der Waals surface area contributed by atoms with Crippen molar-refractivity contribution in [3.63, 3.8) is 0 Å². The second-order valence-corrected chi connectivity index (χ2v) is 3.94. The van der Waals surface area contributed by atoms with Gasteiger partial charge in [0.25, 0.3) is 0 Å². The second-order valence-electron chi connectivity index (χ2n) is 3.94. The van der Waals surface area contributed by atoms with Crippen LogP contribution in [-0.2, 0) is 0 Å². The third-order valence-corrected chi connectivity index (χ3v) is 2.65. The molecule has 0 aromatic heterocycles. The van der Waals surface area contributed by atoms with Crippen LogP contribution in [0.4, 0.5) is 39.5 Å². The molecule has 118 valence electrons. The first kappa shape index (κ1) is 17.3. The van der Waals surface area contributed by atoms with Crippen LogP contribution in [0.2, 0.25) is 0 Å². The van der Waals surface area contributed by atoms with E-state index in [1.54, 1.807) is 0 Å². The van der Waals surface area contributed by atoms with Crippen molar-refractivity contribution in [1.82, 2.24) is 0 Å². The van der Waals surface area contributed by atoms with E-state index in [2.05, 4.69) is 0 Å². The fraction of sp³-hybridized carbons (Fsp3) is 0.364. The van der Waals surface area contributed by atoms with Crippen LogP contribution in [0, 0.1) is 5.41 Å². The van der Waals surface area contributed by atoms with E-state index in [4.69, 9.17) is 0 Å². The molecule has 1 nitrogen and oxygen atoms in total. The van der Waals surface area contributed by atoms with Gasteiger partial charge in [0, 0.05) is 5.56 Å². The van der Waals surface area contributed by atoms with Crippen molar-refractivity contribution >= 4 is 5.78 Å². The normalized spacial score (nSPS) is 14.1. The summed E-state index contributed by atoms with van der Waals surface area (Å²) in [6, 6.07) is 3.70. The lowest BCUT2D eigenvalue weighted by atomic mass is 9.77. The maximum absolute atomic E-state index is 12.6. The fourth-order valence-corrected chi connectivity index (χ4v) is 1.67. The standard InChI is InChI=1S/C11H5F9O/c12-9(13,14)8(10(15,16)17,11(18,19)20)7(21)6-4-2-1-3-5-6/h1-5H. The number of benzene rings is 1. The van der Waals surface area contributed by atoms with Crippen molar-refractivity contribution in [1.29, 1.82) is 0 Å². The molecule has 0 fully saturated rings. The van der Waals surface area contributed by atoms with E-state index < -0.39 is 35.3 Å². The molecular weight excluding hydrogens is 319 g/mol. The summed E-state index contributed by atoms with van der Waals surface area (Å²) < 4.78 is 114. The lowest BCUT2D eigenvalue weighted by Gasteiger charge is -2.37. The van der Waals surface area contributed by atoms with Gasteiger partial charge in [0.1, 0.15) is 0 Å². The first-order valence-electron chi connectivity index (χ1n) is 5.07. The average molecular weight is 324 g/mol. The Kier molecular flexibility index (Phi) is 4.05. The first-order valence-corrected chi connectivity index (χ1v) is 5.07. The van der Waals surface area contributed by atoms with Gasteiger partial charge in [-0.05, 0) is 0 Å². The van der Waals surface area contributed by atoms with Crippen LogP contribution in [0.15, 0.2) is 30.3 Å². The molecule has 0 saturated heterocycles. The number of ketones is 1. The smallest absolute Gasteiger partial charge is 0.292 e. The monoisotopic (exact) mass is 324 g/mol. The highest BCUT2D eigenvalue weighted by Crippen LogP contribution is 2.60. The third kappa shape index (κ3) is 2.58. The van der Waals surface area contributed by atoms with Gasteiger partial charge in [-0.15, -0.1) is 0 Å². The molecular formula is C11H5F9O. The number of carbonyl (C=O) groups is 1. The topological polar surface area (TPSA) is 17.1 Å². The van der Waals surface area contributed by atoms with Crippen molar-refractivity contribution in [3.8, 4) is 0 Å². The Morgan fingerprint density at radius 1 is 0.667 bits per heavy atom. The minimum Gasteiger partial charge on any atom is -0.292 e. The van der Waals surface area contributed by atoms with Crippen molar-refractivity contribution in [2.75, 3.05) is 0 Å². The van der Waals surface area contributed by atoms with E-state index in [-0.39, 0.29) is 0 Å². The quantitative estimate of drug-likeness (QED) is 0.576. The molecule has 0 radical (unpaired) electrons. The highest BCUT2D eigenvalue weighted by Gasteiger charge is 2.87. The number of rotatable bonds is 2. The predicted molar refractivity (Wildman–Crippen MR) is 51.4 cm³/mol. The van der Waals surface area contributed by atoms with Gasteiger partial charge in [0.2, 0.25) is 0 Å². The molecule has 10 heteroatoms. The van der Waals surface area contributed by atoms with E-state index in [0.717, 1.165) is 18.2 Å². The number of hydrogen-bond donors (Lipinski definition) is 0. The van der Waals surface area contributed by atoms with Crippen LogP contribution in [0.3, 0.4) is 0 Å². The van der Waals surface area contributed by atoms with Crippen LogP contribution < -0.4 is 0 Å². The molecule has 0 amide bonds. The molecule has 0 N–H and O–H groups in total. The number of alkyl halides is 9. The Morgan fingerprint density at radius 2 is 1.00 bits per heavy atom. The van der Waals surface area contributed by atoms with Gasteiger partial charge in [0.05, 0.1) is 0 Å². The van der Waals surface area contributed by atoms with Gasteiger partial charge < -0.3 is 0 Å². The third-order valence-electron chi connectivity index (χ3n) is 2.65. The number of Topliss-reactive ketones (excluding diaryl/α,β-unsaturated/α-hetero) is 1. The summed E-state index contributed by atoms with van der Waals surface area (Å²) >= 11 is 0. The van der Waals surface area contributed by atoms with E-state index in [1.807, 2.05) is 0 Å². The molecule has 0 bridgehead atoms. The predicted octanol–water partition coefficient (Wildman–Crippen LogP) is 4.54. The SMILES string of the molecule is O=C(c1ccccc1)C(C(F)(F)F)(C(F)(F)F)C(F)(F)F. The Morgan fingerprint density at radius 3 is 1.29 bits per heavy atom. The second kappa shape index (κ2) is 4.92. The van der Waals surface area contributed by atoms with Gasteiger partial charge in [-0.1, -0.05) is 30.3 Å². The fourth-order valence-electron chi connectivity index (χ4n) is 1.67. The molecule has 0 heterocycles. The molecule has 0 aliphatic rings. The van der Waals surface area contributed by atoms with Gasteiger partial charge in [-0.3, -0.25) is 4.79 Å². The van der Waals surface area contributed by atoms with Gasteiger partial charge >= 0.3 is 23.9 Å². The largest absolute Gasteiger partial charge is 0.419 e. The number of carbonyl (C=O) groups excluding carboxylic acids is 1. The lowest BCUT2D eigenvalue weighted by molar-refractivity contribution is -0.401. The van der Waals surface area contributed by atoms with Crippen LogP contribution in [-0.4, -0.2) is 24.3 Å². The van der Waals surface area contributed by atoms with Crippen molar-refractivity contribution < 1.29 is 44.3 Å². The summed E-state index contributed by atoms with van der Waals surface area (Å²) in [5.74, 6) is -3.12. The first-order chi connectivity index (χ1) is 9.27. The van der Waals surface area contributed by atoms with Crippen molar-refractivity contribution in [2.45, 2.75) is 18.5 Å². The van der Waals surface area contributed by atoms with E-state index in [9.17, 15) is 44.3 Å². The molecule has 1 aromatic carbocycles. The highest BCUT2D eigenvalue weighted by atomic mass is 19.4. The Labute approximate surface area is 111 Å². The summed E-state index contributed by atoms with van der Waals surface area (Å²) in [5.41, 5.74) is -7.81. The minimum atomic E-state index is -6.89. The van der Waals surface area contributed by atoms with E-state index >= 15 is 0 Å². The summed E-state index contributed by atoms with van der Waals surface area (Å²) in [6.07, 6.45) is -20.7. The summed E-state index contributed by atoms with van der Waals surface area (Å²) in [5, 5.41) is 0. The minimum absolute atomic E-state index is 0.445. The summed E-state index contributed by atoms with van der Waals surface area (Å²) in [6.45, 7) is 0. The van der Waals surface area contributed by atoms with Crippen molar-refractivity contribution in [2.24, 2.45) is 5.41 Å². The Hall–Kier alpha value is -1.74. The molecule has 0 unspecified atom stereocenters. The lowest BCUT2D eigenvalue weighted by Crippen LogP contribution is -2.64. The maximum Gasteiger partial charge on any atom is 0.419 e. The van der Waals surface area contributed by atoms with Crippen LogP contribution in [0.1, 0.15) is 10.4 Å². The summed E-state index contributed by atoms with van der Waals surface area (Å²) in [4.78, 5) is 11.4. The zero-order chi connectivity index (χ0) is 16.7. The molecule has 0 aliphatic heterocycles. The molecule has 21 heavy (non-hydrogen) atoms. The van der Waals surface area contributed by atoms with E-state index in [1.165, 1.54) is 0 Å². The van der Waals surface area contributed by atoms with E-state index in [0.29, 0.717) is 12.1 Å². The molecule has 1 aromatic rings.